The SMILES string of the molecule is Cc1ccc(Nc2ccc3c(c2-c2c4c(cc5c2oc2ccccc25)N(c2cc5c(cc2C)C(C)(C)CCC5(C)C)c2cc5c(cc2[B]4)Oc2ccccc2S5)-c2ccccc2C3(C)C)c(-c2ccccc2)c1. The molecule has 1 aromatic heterocycles. The summed E-state index contributed by atoms with van der Waals surface area (Å²) in [6, 6.07) is 60.4. The number of anilines is 5. The van der Waals surface area contributed by atoms with Crippen molar-refractivity contribution < 1.29 is 9.15 Å². The highest BCUT2D eigenvalue weighted by molar-refractivity contribution is 7.99. The molecule has 4 aliphatic rings. The maximum absolute atomic E-state index is 7.33. The molecule has 355 valence electrons. The van der Waals surface area contributed by atoms with Gasteiger partial charge in [0.05, 0.1) is 9.79 Å². The van der Waals surface area contributed by atoms with Crippen molar-refractivity contribution in [3.8, 4) is 44.9 Å². The number of fused-ring (bicyclic) bond motifs is 11. The summed E-state index contributed by atoms with van der Waals surface area (Å²) >= 11 is 1.79. The number of ether oxygens (including phenoxy) is 1. The summed E-state index contributed by atoms with van der Waals surface area (Å²) in [7, 11) is 2.43. The number of rotatable bonds is 5. The summed E-state index contributed by atoms with van der Waals surface area (Å²) in [5, 5.41) is 6.32. The molecule has 9 aromatic carbocycles. The second-order valence-corrected chi connectivity index (χ2v) is 23.8. The lowest BCUT2D eigenvalue weighted by Gasteiger charge is -2.44. The molecule has 14 rings (SSSR count). The van der Waals surface area contributed by atoms with Crippen LogP contribution < -0.4 is 25.9 Å². The standard InChI is InChI=1S/C67H56BN2O2S/c1-38-26-28-50(43(32-38)40-18-10-9-11-19-40)69-51-29-27-46-60(42-21-12-14-22-45(42)67(46,7)8)61(51)62-63-54(34-44-41-20-13-15-23-55(41)72-64(44)62)70(52-35-48-47(33-39(52)2)65(3,4)30-31-66(48,5)6)53-37-59-57(36-49(53)68-63)71-56-24-16-17-25-58(56)73-59/h9-29,32-37,69H,30-31H2,1-8H3. The second kappa shape index (κ2) is 15.8. The van der Waals surface area contributed by atoms with E-state index in [9.17, 15) is 0 Å². The molecule has 6 heteroatoms. The highest BCUT2D eigenvalue weighted by Gasteiger charge is 2.42. The zero-order valence-electron chi connectivity index (χ0n) is 42.8. The van der Waals surface area contributed by atoms with E-state index in [1.54, 1.807) is 11.8 Å². The first-order chi connectivity index (χ1) is 35.2. The van der Waals surface area contributed by atoms with Gasteiger partial charge in [-0.15, -0.1) is 0 Å². The molecule has 2 aliphatic heterocycles. The Bertz CT molecular complexity index is 3990. The molecule has 0 spiro atoms. The molecule has 10 aromatic rings. The number of aryl methyl sites for hydroxylation is 2. The Morgan fingerprint density at radius 3 is 2.10 bits per heavy atom. The zero-order valence-corrected chi connectivity index (χ0v) is 43.6. The van der Waals surface area contributed by atoms with Gasteiger partial charge in [0.1, 0.15) is 22.7 Å². The lowest BCUT2D eigenvalue weighted by atomic mass is 9.57. The minimum atomic E-state index is -0.256. The number of hydrogen-bond acceptors (Lipinski definition) is 5. The van der Waals surface area contributed by atoms with Gasteiger partial charge in [0.2, 0.25) is 0 Å². The van der Waals surface area contributed by atoms with E-state index in [1.807, 2.05) is 0 Å². The second-order valence-electron chi connectivity index (χ2n) is 22.7. The number of para-hydroxylation sites is 2. The summed E-state index contributed by atoms with van der Waals surface area (Å²) in [4.78, 5) is 4.81. The van der Waals surface area contributed by atoms with Crippen molar-refractivity contribution in [2.45, 2.75) is 94.3 Å². The Kier molecular flexibility index (Phi) is 9.59. The van der Waals surface area contributed by atoms with Crippen molar-refractivity contribution in [3.05, 3.63) is 197 Å². The van der Waals surface area contributed by atoms with Gasteiger partial charge in [0.15, 0.2) is 7.28 Å². The predicted molar refractivity (Wildman–Crippen MR) is 307 cm³/mol. The molecule has 73 heavy (non-hydrogen) atoms. The van der Waals surface area contributed by atoms with E-state index in [0.717, 1.165) is 106 Å². The van der Waals surface area contributed by atoms with Crippen LogP contribution in [0.4, 0.5) is 28.4 Å². The van der Waals surface area contributed by atoms with Crippen molar-refractivity contribution in [2.75, 3.05) is 10.2 Å². The lowest BCUT2D eigenvalue weighted by Crippen LogP contribution is -2.42. The fourth-order valence-corrected chi connectivity index (χ4v) is 13.7. The fraction of sp³-hybridized carbons (Fsp3) is 0.194. The van der Waals surface area contributed by atoms with E-state index in [-0.39, 0.29) is 16.2 Å². The molecule has 0 fully saturated rings. The van der Waals surface area contributed by atoms with Crippen molar-refractivity contribution in [3.63, 3.8) is 0 Å². The third-order valence-corrected chi connectivity index (χ3v) is 17.9. The van der Waals surface area contributed by atoms with Gasteiger partial charge in [-0.05, 0) is 148 Å². The molecule has 0 amide bonds. The minimum absolute atomic E-state index is 0.0000553. The first kappa shape index (κ1) is 44.3. The van der Waals surface area contributed by atoms with E-state index >= 15 is 0 Å². The maximum atomic E-state index is 7.33. The number of hydrogen-bond donors (Lipinski definition) is 1. The molecule has 0 saturated heterocycles. The lowest BCUT2D eigenvalue weighted by molar-refractivity contribution is 0.332. The van der Waals surface area contributed by atoms with Gasteiger partial charge in [-0.25, -0.2) is 0 Å². The smallest absolute Gasteiger partial charge is 0.198 e. The fourth-order valence-electron chi connectivity index (χ4n) is 12.8. The topological polar surface area (TPSA) is 37.6 Å². The summed E-state index contributed by atoms with van der Waals surface area (Å²) < 4.78 is 14.2. The Hall–Kier alpha value is -7.41. The highest BCUT2D eigenvalue weighted by atomic mass is 32.2. The minimum Gasteiger partial charge on any atom is -0.455 e. The zero-order chi connectivity index (χ0) is 49.7. The quantitative estimate of drug-likeness (QED) is 0.174. The molecule has 1 radical (unpaired) electrons. The molecule has 1 N–H and O–H groups in total. The van der Waals surface area contributed by atoms with E-state index in [2.05, 4.69) is 237 Å². The number of nitrogens with one attached hydrogen (secondary N) is 1. The molecule has 2 aliphatic carbocycles. The van der Waals surface area contributed by atoms with E-state index in [1.165, 1.54) is 55.8 Å². The van der Waals surface area contributed by atoms with Crippen LogP contribution in [0.1, 0.15) is 87.8 Å². The highest BCUT2D eigenvalue weighted by Crippen LogP contribution is 2.58. The van der Waals surface area contributed by atoms with Gasteiger partial charge in [-0.3, -0.25) is 0 Å². The van der Waals surface area contributed by atoms with Crippen LogP contribution >= 0.6 is 11.8 Å². The van der Waals surface area contributed by atoms with Gasteiger partial charge in [0.25, 0.3) is 0 Å². The van der Waals surface area contributed by atoms with Gasteiger partial charge < -0.3 is 19.4 Å². The number of furan rings is 1. The largest absolute Gasteiger partial charge is 0.455 e. The average Bonchev–Trinajstić information content (AvgIpc) is 3.87. The Balaban J connectivity index is 1.11. The molecular weight excluding hydrogens is 908 g/mol. The van der Waals surface area contributed by atoms with Crippen LogP contribution in [-0.4, -0.2) is 7.28 Å². The van der Waals surface area contributed by atoms with Crippen molar-refractivity contribution in [1.29, 1.82) is 0 Å². The van der Waals surface area contributed by atoms with Gasteiger partial charge in [-0.1, -0.05) is 167 Å². The van der Waals surface area contributed by atoms with Crippen LogP contribution in [-0.2, 0) is 16.2 Å². The molecule has 4 nitrogen and oxygen atoms in total. The van der Waals surface area contributed by atoms with E-state index in [0.29, 0.717) is 0 Å². The Labute approximate surface area is 433 Å². The van der Waals surface area contributed by atoms with Gasteiger partial charge in [-0.2, -0.15) is 0 Å². The monoisotopic (exact) mass is 963 g/mol. The summed E-state index contributed by atoms with van der Waals surface area (Å²) in [5.41, 5.74) is 24.2. The van der Waals surface area contributed by atoms with Crippen LogP contribution in [0.2, 0.25) is 0 Å². The average molecular weight is 964 g/mol. The summed E-state index contributed by atoms with van der Waals surface area (Å²) in [6.45, 7) is 19.0. The summed E-state index contributed by atoms with van der Waals surface area (Å²) in [5.74, 6) is 1.75. The first-order valence-electron chi connectivity index (χ1n) is 25.9. The van der Waals surface area contributed by atoms with Crippen LogP contribution in [0.25, 0.3) is 55.3 Å². The summed E-state index contributed by atoms with van der Waals surface area (Å²) in [6.07, 6.45) is 2.28. The van der Waals surface area contributed by atoms with Crippen LogP contribution in [0.3, 0.4) is 0 Å². The van der Waals surface area contributed by atoms with Gasteiger partial charge >= 0.3 is 0 Å². The number of nitrogens with zero attached hydrogens (tertiary/aromatic N) is 1. The van der Waals surface area contributed by atoms with Crippen molar-refractivity contribution in [1.82, 2.24) is 0 Å². The van der Waals surface area contributed by atoms with Crippen LogP contribution in [0, 0.1) is 13.8 Å². The molecule has 0 saturated carbocycles. The van der Waals surface area contributed by atoms with Crippen molar-refractivity contribution >= 4 is 80.3 Å². The van der Waals surface area contributed by atoms with Crippen LogP contribution in [0.5, 0.6) is 11.5 Å². The third-order valence-electron chi connectivity index (χ3n) is 16.8. The van der Waals surface area contributed by atoms with Gasteiger partial charge in [0, 0.05) is 61.3 Å². The molecule has 0 atom stereocenters. The normalized spacial score (nSPS) is 16.0. The van der Waals surface area contributed by atoms with E-state index < -0.39 is 0 Å². The molecular formula is C67H56BN2O2S. The molecule has 0 bridgehead atoms. The maximum Gasteiger partial charge on any atom is 0.198 e. The molecule has 3 heterocycles. The first-order valence-corrected chi connectivity index (χ1v) is 26.7. The van der Waals surface area contributed by atoms with E-state index in [4.69, 9.17) is 9.15 Å². The molecule has 0 unspecified atom stereocenters. The number of benzene rings is 9. The van der Waals surface area contributed by atoms with Crippen molar-refractivity contribution in [2.24, 2.45) is 0 Å². The Morgan fingerprint density at radius 2 is 1.26 bits per heavy atom. The Morgan fingerprint density at radius 1 is 0.534 bits per heavy atom. The van der Waals surface area contributed by atoms with Crippen LogP contribution in [0.15, 0.2) is 178 Å². The predicted octanol–water partition coefficient (Wildman–Crippen LogP) is 17.6. The third kappa shape index (κ3) is 6.68.